The predicted molar refractivity (Wildman–Crippen MR) is 68.0 cm³/mol. The van der Waals surface area contributed by atoms with Gasteiger partial charge in [-0.2, -0.15) is 0 Å². The Balaban J connectivity index is 2.06. The van der Waals surface area contributed by atoms with Crippen LogP contribution in [0.4, 0.5) is 5.69 Å². The SMILES string of the molecule is Cc1ccc(N2CCO[C@H](C(C)C)C2)cc1. The van der Waals surface area contributed by atoms with Gasteiger partial charge in [0.25, 0.3) is 0 Å². The highest BCUT2D eigenvalue weighted by Crippen LogP contribution is 2.20. The second-order valence-corrected chi connectivity index (χ2v) is 4.93. The number of anilines is 1. The molecule has 1 saturated heterocycles. The molecule has 0 saturated carbocycles. The molecule has 0 unspecified atom stereocenters. The normalized spacial score (nSPS) is 21.5. The Kier molecular flexibility index (Phi) is 3.49. The largest absolute Gasteiger partial charge is 0.374 e. The number of hydrogen-bond donors (Lipinski definition) is 0. The first kappa shape index (κ1) is 11.5. The van der Waals surface area contributed by atoms with Gasteiger partial charge in [-0.1, -0.05) is 31.5 Å². The molecule has 0 aliphatic carbocycles. The summed E-state index contributed by atoms with van der Waals surface area (Å²) in [5.41, 5.74) is 2.64. The number of morpholine rings is 1. The molecule has 0 aromatic heterocycles. The summed E-state index contributed by atoms with van der Waals surface area (Å²) in [5, 5.41) is 0. The fourth-order valence-electron chi connectivity index (χ4n) is 2.07. The van der Waals surface area contributed by atoms with Crippen LogP contribution in [0.15, 0.2) is 24.3 Å². The van der Waals surface area contributed by atoms with Gasteiger partial charge in [-0.25, -0.2) is 0 Å². The van der Waals surface area contributed by atoms with Gasteiger partial charge in [-0.3, -0.25) is 0 Å². The average molecular weight is 219 g/mol. The molecule has 0 spiro atoms. The lowest BCUT2D eigenvalue weighted by Gasteiger charge is -2.36. The van der Waals surface area contributed by atoms with Gasteiger partial charge in [0.2, 0.25) is 0 Å². The van der Waals surface area contributed by atoms with E-state index in [0.717, 1.165) is 19.7 Å². The van der Waals surface area contributed by atoms with Crippen molar-refractivity contribution in [3.8, 4) is 0 Å². The molecular weight excluding hydrogens is 198 g/mol. The van der Waals surface area contributed by atoms with E-state index in [0.29, 0.717) is 12.0 Å². The van der Waals surface area contributed by atoms with Crippen molar-refractivity contribution >= 4 is 5.69 Å². The summed E-state index contributed by atoms with van der Waals surface area (Å²) < 4.78 is 5.77. The Morgan fingerprint density at radius 1 is 1.25 bits per heavy atom. The van der Waals surface area contributed by atoms with Crippen molar-refractivity contribution in [3.63, 3.8) is 0 Å². The third kappa shape index (κ3) is 2.56. The summed E-state index contributed by atoms with van der Waals surface area (Å²) in [6, 6.07) is 8.76. The van der Waals surface area contributed by atoms with Crippen LogP contribution in [0.2, 0.25) is 0 Å². The van der Waals surface area contributed by atoms with E-state index in [1.165, 1.54) is 11.3 Å². The molecule has 0 radical (unpaired) electrons. The monoisotopic (exact) mass is 219 g/mol. The Hall–Kier alpha value is -1.02. The van der Waals surface area contributed by atoms with Crippen molar-refractivity contribution in [2.75, 3.05) is 24.6 Å². The van der Waals surface area contributed by atoms with Crippen molar-refractivity contribution in [1.29, 1.82) is 0 Å². The highest BCUT2D eigenvalue weighted by molar-refractivity contribution is 5.47. The van der Waals surface area contributed by atoms with Gasteiger partial charge in [0, 0.05) is 18.8 Å². The summed E-state index contributed by atoms with van der Waals surface area (Å²) in [6.07, 6.45) is 0.370. The van der Waals surface area contributed by atoms with Crippen LogP contribution in [0, 0.1) is 12.8 Å². The minimum absolute atomic E-state index is 0.370. The van der Waals surface area contributed by atoms with E-state index in [2.05, 4.69) is 49.9 Å². The number of ether oxygens (including phenoxy) is 1. The molecule has 1 aromatic rings. The second-order valence-electron chi connectivity index (χ2n) is 4.93. The standard InChI is InChI=1S/C14H21NO/c1-11(2)14-10-15(8-9-16-14)13-6-4-12(3)5-7-13/h4-7,11,14H,8-10H2,1-3H3/t14-/m0/s1. The van der Waals surface area contributed by atoms with Gasteiger partial charge in [-0.05, 0) is 25.0 Å². The van der Waals surface area contributed by atoms with E-state index in [4.69, 9.17) is 4.74 Å². The minimum Gasteiger partial charge on any atom is -0.374 e. The van der Waals surface area contributed by atoms with Gasteiger partial charge in [0.15, 0.2) is 0 Å². The Labute approximate surface area is 98.2 Å². The number of nitrogens with zero attached hydrogens (tertiary/aromatic N) is 1. The first-order valence-electron chi connectivity index (χ1n) is 6.10. The smallest absolute Gasteiger partial charge is 0.0773 e. The van der Waals surface area contributed by atoms with Crippen molar-refractivity contribution in [2.24, 2.45) is 5.92 Å². The minimum atomic E-state index is 0.370. The molecule has 1 atom stereocenters. The first-order chi connectivity index (χ1) is 7.66. The lowest BCUT2D eigenvalue weighted by atomic mass is 10.1. The van der Waals surface area contributed by atoms with Gasteiger partial charge < -0.3 is 9.64 Å². The summed E-state index contributed by atoms with van der Waals surface area (Å²) >= 11 is 0. The molecule has 0 bridgehead atoms. The lowest BCUT2D eigenvalue weighted by molar-refractivity contribution is 0.0114. The molecule has 2 nitrogen and oxygen atoms in total. The fraction of sp³-hybridized carbons (Fsp3) is 0.571. The van der Waals surface area contributed by atoms with Crippen LogP contribution in [0.25, 0.3) is 0 Å². The lowest BCUT2D eigenvalue weighted by Crippen LogP contribution is -2.44. The highest BCUT2D eigenvalue weighted by atomic mass is 16.5. The molecule has 0 amide bonds. The highest BCUT2D eigenvalue weighted by Gasteiger charge is 2.22. The molecule has 1 aromatic carbocycles. The van der Waals surface area contributed by atoms with Crippen LogP contribution >= 0.6 is 0 Å². The average Bonchev–Trinajstić information content (AvgIpc) is 2.30. The zero-order chi connectivity index (χ0) is 11.5. The molecule has 88 valence electrons. The number of hydrogen-bond acceptors (Lipinski definition) is 2. The molecule has 2 rings (SSSR count). The molecule has 1 aliphatic heterocycles. The van der Waals surface area contributed by atoms with Crippen molar-refractivity contribution in [1.82, 2.24) is 0 Å². The van der Waals surface area contributed by atoms with Crippen LogP contribution in [0.3, 0.4) is 0 Å². The Morgan fingerprint density at radius 3 is 2.56 bits per heavy atom. The maximum Gasteiger partial charge on any atom is 0.0773 e. The summed E-state index contributed by atoms with van der Waals surface area (Å²) in [7, 11) is 0. The van der Waals surface area contributed by atoms with Crippen LogP contribution in [-0.2, 0) is 4.74 Å². The van der Waals surface area contributed by atoms with E-state index in [-0.39, 0.29) is 0 Å². The van der Waals surface area contributed by atoms with Gasteiger partial charge in [0.1, 0.15) is 0 Å². The molecule has 0 N–H and O–H groups in total. The zero-order valence-corrected chi connectivity index (χ0v) is 10.4. The number of rotatable bonds is 2. The van der Waals surface area contributed by atoms with Gasteiger partial charge in [0.05, 0.1) is 12.7 Å². The van der Waals surface area contributed by atoms with E-state index in [1.807, 2.05) is 0 Å². The summed E-state index contributed by atoms with van der Waals surface area (Å²) in [6.45, 7) is 9.44. The Bertz CT molecular complexity index is 331. The molecule has 1 heterocycles. The molecule has 1 fully saturated rings. The quantitative estimate of drug-likeness (QED) is 0.758. The first-order valence-corrected chi connectivity index (χ1v) is 6.10. The van der Waals surface area contributed by atoms with E-state index < -0.39 is 0 Å². The Morgan fingerprint density at radius 2 is 1.94 bits per heavy atom. The second kappa shape index (κ2) is 4.88. The van der Waals surface area contributed by atoms with E-state index in [9.17, 15) is 0 Å². The number of benzene rings is 1. The van der Waals surface area contributed by atoms with Gasteiger partial charge >= 0.3 is 0 Å². The predicted octanol–water partition coefficient (Wildman–Crippen LogP) is 2.86. The third-order valence-corrected chi connectivity index (χ3v) is 3.24. The van der Waals surface area contributed by atoms with Gasteiger partial charge in [-0.15, -0.1) is 0 Å². The fourth-order valence-corrected chi connectivity index (χ4v) is 2.07. The maximum atomic E-state index is 5.77. The molecule has 1 aliphatic rings. The zero-order valence-electron chi connectivity index (χ0n) is 10.4. The van der Waals surface area contributed by atoms with Crippen LogP contribution in [0.5, 0.6) is 0 Å². The molecule has 16 heavy (non-hydrogen) atoms. The summed E-state index contributed by atoms with van der Waals surface area (Å²) in [5.74, 6) is 0.591. The van der Waals surface area contributed by atoms with Crippen LogP contribution in [-0.4, -0.2) is 25.8 Å². The third-order valence-electron chi connectivity index (χ3n) is 3.24. The van der Waals surface area contributed by atoms with E-state index in [1.54, 1.807) is 0 Å². The van der Waals surface area contributed by atoms with Crippen molar-refractivity contribution < 1.29 is 4.74 Å². The van der Waals surface area contributed by atoms with Crippen molar-refractivity contribution in [2.45, 2.75) is 26.9 Å². The molecular formula is C14H21NO. The number of aryl methyl sites for hydroxylation is 1. The molecule has 2 heteroatoms. The van der Waals surface area contributed by atoms with Crippen molar-refractivity contribution in [3.05, 3.63) is 29.8 Å². The van der Waals surface area contributed by atoms with Crippen LogP contribution in [0.1, 0.15) is 19.4 Å². The summed E-state index contributed by atoms with van der Waals surface area (Å²) in [4.78, 5) is 2.42. The maximum absolute atomic E-state index is 5.77. The van der Waals surface area contributed by atoms with Crippen LogP contribution < -0.4 is 4.90 Å². The van der Waals surface area contributed by atoms with E-state index >= 15 is 0 Å². The topological polar surface area (TPSA) is 12.5 Å².